The highest BCUT2D eigenvalue weighted by molar-refractivity contribution is 5.87. The van der Waals surface area contributed by atoms with Crippen LogP contribution in [0.1, 0.15) is 26.7 Å². The van der Waals surface area contributed by atoms with Gasteiger partial charge in [-0.05, 0) is 6.42 Å². The Labute approximate surface area is 83.3 Å². The Morgan fingerprint density at radius 2 is 2.07 bits per heavy atom. The van der Waals surface area contributed by atoms with Gasteiger partial charge in [0.25, 0.3) is 0 Å². The molecule has 0 aliphatic heterocycles. The molecule has 0 aromatic rings. The second-order valence-electron chi connectivity index (χ2n) is 3.32. The van der Waals surface area contributed by atoms with Gasteiger partial charge in [0.2, 0.25) is 11.8 Å². The van der Waals surface area contributed by atoms with E-state index in [0.717, 1.165) is 0 Å². The van der Waals surface area contributed by atoms with Crippen LogP contribution in [-0.2, 0) is 9.59 Å². The van der Waals surface area contributed by atoms with Crippen molar-refractivity contribution in [3.63, 3.8) is 0 Å². The summed E-state index contributed by atoms with van der Waals surface area (Å²) in [5.74, 6) is -1.03. The van der Waals surface area contributed by atoms with E-state index in [1.807, 2.05) is 6.07 Å². The van der Waals surface area contributed by atoms with E-state index in [4.69, 9.17) is 11.0 Å². The first-order valence-electron chi connectivity index (χ1n) is 4.45. The lowest BCUT2D eigenvalue weighted by atomic mass is 10.1. The van der Waals surface area contributed by atoms with Gasteiger partial charge in [0, 0.05) is 12.3 Å². The summed E-state index contributed by atoms with van der Waals surface area (Å²) in [5.41, 5.74) is 5.06. The third kappa shape index (κ3) is 4.45. The van der Waals surface area contributed by atoms with Gasteiger partial charge in [0.1, 0.15) is 6.04 Å². The fourth-order valence-electron chi connectivity index (χ4n) is 0.833. The Morgan fingerprint density at radius 1 is 1.50 bits per heavy atom. The Morgan fingerprint density at radius 3 is 2.43 bits per heavy atom. The van der Waals surface area contributed by atoms with Crippen LogP contribution in [0.4, 0.5) is 0 Å². The van der Waals surface area contributed by atoms with E-state index in [1.54, 1.807) is 13.8 Å². The third-order valence-electron chi connectivity index (χ3n) is 1.73. The Balaban J connectivity index is 4.17. The SMILES string of the molecule is CC(C)C(=O)N[C@@H](CCC#N)C(N)=O. The van der Waals surface area contributed by atoms with Crippen LogP contribution in [0.25, 0.3) is 0 Å². The molecule has 14 heavy (non-hydrogen) atoms. The average molecular weight is 197 g/mol. The molecule has 0 aromatic carbocycles. The van der Waals surface area contributed by atoms with E-state index in [1.165, 1.54) is 0 Å². The van der Waals surface area contributed by atoms with Gasteiger partial charge in [-0.15, -0.1) is 0 Å². The Hall–Kier alpha value is -1.57. The monoisotopic (exact) mass is 197 g/mol. The van der Waals surface area contributed by atoms with Crippen molar-refractivity contribution in [3.05, 3.63) is 0 Å². The average Bonchev–Trinajstić information content (AvgIpc) is 2.10. The van der Waals surface area contributed by atoms with Gasteiger partial charge < -0.3 is 11.1 Å². The van der Waals surface area contributed by atoms with Crippen LogP contribution in [0.15, 0.2) is 0 Å². The number of nitrogens with two attached hydrogens (primary N) is 1. The summed E-state index contributed by atoms with van der Waals surface area (Å²) in [4.78, 5) is 22.1. The maximum atomic E-state index is 11.2. The molecule has 5 heteroatoms. The van der Waals surface area contributed by atoms with Gasteiger partial charge in [-0.25, -0.2) is 0 Å². The van der Waals surface area contributed by atoms with Crippen LogP contribution in [0.5, 0.6) is 0 Å². The van der Waals surface area contributed by atoms with Crippen molar-refractivity contribution in [1.29, 1.82) is 5.26 Å². The van der Waals surface area contributed by atoms with E-state index < -0.39 is 11.9 Å². The molecule has 0 unspecified atom stereocenters. The minimum absolute atomic E-state index is 0.195. The summed E-state index contributed by atoms with van der Waals surface area (Å²) < 4.78 is 0. The van der Waals surface area contributed by atoms with Crippen molar-refractivity contribution in [3.8, 4) is 6.07 Å². The van der Waals surface area contributed by atoms with Gasteiger partial charge in [-0.2, -0.15) is 5.26 Å². The van der Waals surface area contributed by atoms with Crippen molar-refractivity contribution in [2.75, 3.05) is 0 Å². The largest absolute Gasteiger partial charge is 0.368 e. The zero-order chi connectivity index (χ0) is 11.1. The van der Waals surface area contributed by atoms with Gasteiger partial charge in [0.15, 0.2) is 0 Å². The van der Waals surface area contributed by atoms with Gasteiger partial charge in [0.05, 0.1) is 6.07 Å². The molecule has 0 saturated heterocycles. The van der Waals surface area contributed by atoms with Crippen LogP contribution in [0.3, 0.4) is 0 Å². The molecule has 0 spiro atoms. The molecule has 0 rings (SSSR count). The molecule has 0 bridgehead atoms. The highest BCUT2D eigenvalue weighted by Crippen LogP contribution is 1.99. The predicted octanol–water partition coefficient (Wildman–Crippen LogP) is -0.0837. The predicted molar refractivity (Wildman–Crippen MR) is 50.8 cm³/mol. The first-order valence-corrected chi connectivity index (χ1v) is 4.45. The summed E-state index contributed by atoms with van der Waals surface area (Å²) in [6.07, 6.45) is 0.469. The smallest absolute Gasteiger partial charge is 0.240 e. The number of nitriles is 1. The number of rotatable bonds is 5. The Bertz CT molecular complexity index is 255. The van der Waals surface area contributed by atoms with Crippen LogP contribution in [0, 0.1) is 17.2 Å². The second-order valence-corrected chi connectivity index (χ2v) is 3.32. The normalized spacial score (nSPS) is 11.9. The Kier molecular flexibility index (Phi) is 5.30. The zero-order valence-corrected chi connectivity index (χ0v) is 8.41. The number of amides is 2. The summed E-state index contributed by atoms with van der Waals surface area (Å²) in [7, 11) is 0. The number of primary amides is 1. The van der Waals surface area contributed by atoms with Crippen LogP contribution >= 0.6 is 0 Å². The number of carbonyl (C=O) groups excluding carboxylic acids is 2. The van der Waals surface area contributed by atoms with Crippen LogP contribution in [0.2, 0.25) is 0 Å². The molecule has 0 fully saturated rings. The number of nitrogens with zero attached hydrogens (tertiary/aromatic N) is 1. The van der Waals surface area contributed by atoms with Crippen LogP contribution in [-0.4, -0.2) is 17.9 Å². The highest BCUT2D eigenvalue weighted by atomic mass is 16.2. The fourth-order valence-corrected chi connectivity index (χ4v) is 0.833. The molecule has 0 saturated carbocycles. The van der Waals surface area contributed by atoms with Crippen molar-refractivity contribution in [2.45, 2.75) is 32.7 Å². The molecule has 1 atom stereocenters. The van der Waals surface area contributed by atoms with Crippen molar-refractivity contribution in [1.82, 2.24) is 5.32 Å². The number of carbonyl (C=O) groups is 2. The van der Waals surface area contributed by atoms with E-state index in [-0.39, 0.29) is 24.7 Å². The maximum Gasteiger partial charge on any atom is 0.240 e. The molecule has 0 aromatic heterocycles. The van der Waals surface area contributed by atoms with Crippen LogP contribution < -0.4 is 11.1 Å². The van der Waals surface area contributed by atoms with E-state index in [2.05, 4.69) is 5.32 Å². The summed E-state index contributed by atoms with van der Waals surface area (Å²) >= 11 is 0. The summed E-state index contributed by atoms with van der Waals surface area (Å²) in [6.45, 7) is 3.44. The fraction of sp³-hybridized carbons (Fsp3) is 0.667. The molecule has 78 valence electrons. The van der Waals surface area contributed by atoms with E-state index in [9.17, 15) is 9.59 Å². The maximum absolute atomic E-state index is 11.2. The molecular formula is C9H15N3O2. The summed E-state index contributed by atoms with van der Waals surface area (Å²) in [5, 5.41) is 10.8. The first kappa shape index (κ1) is 12.4. The minimum Gasteiger partial charge on any atom is -0.368 e. The topological polar surface area (TPSA) is 96.0 Å². The lowest BCUT2D eigenvalue weighted by Crippen LogP contribution is -2.45. The van der Waals surface area contributed by atoms with E-state index >= 15 is 0 Å². The first-order chi connectivity index (χ1) is 6.49. The zero-order valence-electron chi connectivity index (χ0n) is 8.41. The third-order valence-corrected chi connectivity index (χ3v) is 1.73. The lowest BCUT2D eigenvalue weighted by molar-refractivity contribution is -0.129. The van der Waals surface area contributed by atoms with Crippen molar-refractivity contribution >= 4 is 11.8 Å². The molecule has 0 aliphatic rings. The molecule has 3 N–H and O–H groups in total. The quantitative estimate of drug-likeness (QED) is 0.645. The molecule has 0 heterocycles. The number of nitrogens with one attached hydrogen (secondary N) is 1. The van der Waals surface area contributed by atoms with Gasteiger partial charge in [-0.3, -0.25) is 9.59 Å². The minimum atomic E-state index is -0.732. The standard InChI is InChI=1S/C9H15N3O2/c1-6(2)9(14)12-7(8(11)13)4-3-5-10/h6-7H,3-4H2,1-2H3,(H2,11,13)(H,12,14)/t7-/m0/s1. The molecule has 0 aliphatic carbocycles. The molecule has 5 nitrogen and oxygen atoms in total. The second kappa shape index (κ2) is 5.97. The van der Waals surface area contributed by atoms with E-state index in [0.29, 0.717) is 0 Å². The highest BCUT2D eigenvalue weighted by Gasteiger charge is 2.18. The number of hydrogen-bond donors (Lipinski definition) is 2. The van der Waals surface area contributed by atoms with Crippen molar-refractivity contribution < 1.29 is 9.59 Å². The van der Waals surface area contributed by atoms with Gasteiger partial charge in [-0.1, -0.05) is 13.8 Å². The summed E-state index contributed by atoms with van der Waals surface area (Å²) in [6, 6.07) is 1.16. The number of hydrogen-bond acceptors (Lipinski definition) is 3. The van der Waals surface area contributed by atoms with Gasteiger partial charge >= 0.3 is 0 Å². The molecular weight excluding hydrogens is 182 g/mol. The van der Waals surface area contributed by atoms with Crippen molar-refractivity contribution in [2.24, 2.45) is 11.7 Å². The molecule has 0 radical (unpaired) electrons. The molecule has 2 amide bonds. The lowest BCUT2D eigenvalue weighted by Gasteiger charge is -2.15.